The Morgan fingerprint density at radius 2 is 2.31 bits per heavy atom. The maximum Gasteiger partial charge on any atom is 0.0764 e. The van der Waals surface area contributed by atoms with Crippen molar-refractivity contribution in [1.82, 2.24) is 0 Å². The van der Waals surface area contributed by atoms with Crippen molar-refractivity contribution in [2.24, 2.45) is 0 Å². The van der Waals surface area contributed by atoms with Crippen molar-refractivity contribution in [3.63, 3.8) is 0 Å². The molecule has 1 aliphatic heterocycles. The Hall–Kier alpha value is -0.860. The molecule has 2 heteroatoms. The van der Waals surface area contributed by atoms with Gasteiger partial charge >= 0.3 is 0 Å². The Kier molecular flexibility index (Phi) is 2.34. The standard InChI is InChI=1S/C11H14O2/c1-8(12)10-4-2-3-9-7-13-6-5-11(9)10/h2-4,8,12H,5-7H2,1H3. The lowest BCUT2D eigenvalue weighted by molar-refractivity contribution is 0.108. The van der Waals surface area contributed by atoms with E-state index in [1.807, 2.05) is 19.1 Å². The number of rotatable bonds is 1. The highest BCUT2D eigenvalue weighted by atomic mass is 16.5. The van der Waals surface area contributed by atoms with E-state index < -0.39 is 0 Å². The molecule has 0 aromatic heterocycles. The van der Waals surface area contributed by atoms with Crippen LogP contribution >= 0.6 is 0 Å². The zero-order valence-corrected chi connectivity index (χ0v) is 7.79. The Morgan fingerprint density at radius 3 is 3.08 bits per heavy atom. The lowest BCUT2D eigenvalue weighted by atomic mass is 9.95. The van der Waals surface area contributed by atoms with Gasteiger partial charge in [-0.1, -0.05) is 18.2 Å². The minimum atomic E-state index is -0.368. The van der Waals surface area contributed by atoms with Crippen molar-refractivity contribution >= 4 is 0 Å². The number of benzene rings is 1. The molecule has 0 saturated carbocycles. The Morgan fingerprint density at radius 1 is 1.46 bits per heavy atom. The van der Waals surface area contributed by atoms with Crippen LogP contribution in [-0.2, 0) is 17.8 Å². The first kappa shape index (κ1) is 8.73. The van der Waals surface area contributed by atoms with Crippen LogP contribution in [0.15, 0.2) is 18.2 Å². The molecule has 1 unspecified atom stereocenters. The van der Waals surface area contributed by atoms with Crippen molar-refractivity contribution in [2.75, 3.05) is 6.61 Å². The summed E-state index contributed by atoms with van der Waals surface area (Å²) in [6.07, 6.45) is 0.559. The number of hydrogen-bond acceptors (Lipinski definition) is 2. The largest absolute Gasteiger partial charge is 0.389 e. The maximum atomic E-state index is 9.54. The highest BCUT2D eigenvalue weighted by Gasteiger charge is 2.15. The molecule has 1 aliphatic rings. The summed E-state index contributed by atoms with van der Waals surface area (Å²) in [7, 11) is 0. The Balaban J connectivity index is 2.46. The molecule has 1 heterocycles. The highest BCUT2D eigenvalue weighted by molar-refractivity contribution is 5.37. The number of fused-ring (bicyclic) bond motifs is 1. The summed E-state index contributed by atoms with van der Waals surface area (Å²) >= 11 is 0. The smallest absolute Gasteiger partial charge is 0.0764 e. The van der Waals surface area contributed by atoms with Crippen molar-refractivity contribution in [3.8, 4) is 0 Å². The first-order valence-corrected chi connectivity index (χ1v) is 4.65. The molecule has 1 atom stereocenters. The summed E-state index contributed by atoms with van der Waals surface area (Å²) in [5.41, 5.74) is 3.56. The summed E-state index contributed by atoms with van der Waals surface area (Å²) in [4.78, 5) is 0. The van der Waals surface area contributed by atoms with Crippen LogP contribution in [0.5, 0.6) is 0 Å². The van der Waals surface area contributed by atoms with Gasteiger partial charge < -0.3 is 9.84 Å². The number of aliphatic hydroxyl groups is 1. The van der Waals surface area contributed by atoms with E-state index >= 15 is 0 Å². The van der Waals surface area contributed by atoms with E-state index in [1.54, 1.807) is 0 Å². The molecular formula is C11H14O2. The molecule has 0 fully saturated rings. The predicted molar refractivity (Wildman–Crippen MR) is 50.4 cm³/mol. The zero-order chi connectivity index (χ0) is 9.26. The minimum absolute atomic E-state index is 0.368. The summed E-state index contributed by atoms with van der Waals surface area (Å²) in [6.45, 7) is 3.28. The van der Waals surface area contributed by atoms with E-state index in [0.29, 0.717) is 6.61 Å². The second-order valence-electron chi connectivity index (χ2n) is 3.46. The lowest BCUT2D eigenvalue weighted by Gasteiger charge is -2.20. The van der Waals surface area contributed by atoms with Crippen molar-refractivity contribution in [1.29, 1.82) is 0 Å². The van der Waals surface area contributed by atoms with Crippen LogP contribution in [0.4, 0.5) is 0 Å². The van der Waals surface area contributed by atoms with Crippen LogP contribution in [0.2, 0.25) is 0 Å². The average molecular weight is 178 g/mol. The summed E-state index contributed by atoms with van der Waals surface area (Å²) in [5.74, 6) is 0. The minimum Gasteiger partial charge on any atom is -0.389 e. The fraction of sp³-hybridized carbons (Fsp3) is 0.455. The van der Waals surface area contributed by atoms with E-state index in [4.69, 9.17) is 4.74 Å². The third-order valence-electron chi connectivity index (χ3n) is 2.51. The van der Waals surface area contributed by atoms with Crippen LogP contribution in [-0.4, -0.2) is 11.7 Å². The first-order valence-electron chi connectivity index (χ1n) is 4.65. The number of ether oxygens (including phenoxy) is 1. The van der Waals surface area contributed by atoms with Crippen LogP contribution in [0.3, 0.4) is 0 Å². The monoisotopic (exact) mass is 178 g/mol. The Labute approximate surface area is 78.2 Å². The van der Waals surface area contributed by atoms with Gasteiger partial charge in [-0.05, 0) is 30.0 Å². The molecule has 13 heavy (non-hydrogen) atoms. The quantitative estimate of drug-likeness (QED) is 0.710. The number of aliphatic hydroxyl groups excluding tert-OH is 1. The molecule has 1 aromatic rings. The predicted octanol–water partition coefficient (Wildman–Crippen LogP) is 1.81. The van der Waals surface area contributed by atoms with Crippen molar-refractivity contribution in [3.05, 3.63) is 34.9 Å². The molecule has 0 amide bonds. The third-order valence-corrected chi connectivity index (χ3v) is 2.51. The second-order valence-corrected chi connectivity index (χ2v) is 3.46. The van der Waals surface area contributed by atoms with Crippen LogP contribution in [0.1, 0.15) is 29.7 Å². The molecule has 0 aliphatic carbocycles. The summed E-state index contributed by atoms with van der Waals surface area (Å²) < 4.78 is 5.35. The molecule has 0 saturated heterocycles. The van der Waals surface area contributed by atoms with Crippen molar-refractivity contribution < 1.29 is 9.84 Å². The lowest BCUT2D eigenvalue weighted by Crippen LogP contribution is -2.13. The van der Waals surface area contributed by atoms with E-state index in [9.17, 15) is 5.11 Å². The summed E-state index contributed by atoms with van der Waals surface area (Å²) in [6, 6.07) is 6.05. The van der Waals surface area contributed by atoms with Gasteiger partial charge in [0.05, 0.1) is 19.3 Å². The molecular weight excluding hydrogens is 164 g/mol. The van der Waals surface area contributed by atoms with Crippen LogP contribution in [0, 0.1) is 0 Å². The molecule has 0 radical (unpaired) electrons. The van der Waals surface area contributed by atoms with Crippen LogP contribution in [0.25, 0.3) is 0 Å². The molecule has 2 rings (SSSR count). The van der Waals surface area contributed by atoms with Crippen molar-refractivity contribution in [2.45, 2.75) is 26.1 Å². The van der Waals surface area contributed by atoms with Gasteiger partial charge in [-0.2, -0.15) is 0 Å². The van der Waals surface area contributed by atoms with Gasteiger partial charge in [0.15, 0.2) is 0 Å². The van der Waals surface area contributed by atoms with E-state index in [-0.39, 0.29) is 6.10 Å². The van der Waals surface area contributed by atoms with Gasteiger partial charge in [0.25, 0.3) is 0 Å². The highest BCUT2D eigenvalue weighted by Crippen LogP contribution is 2.25. The third kappa shape index (κ3) is 1.60. The fourth-order valence-corrected chi connectivity index (χ4v) is 1.84. The van der Waals surface area contributed by atoms with Gasteiger partial charge in [-0.25, -0.2) is 0 Å². The SMILES string of the molecule is CC(O)c1cccc2c1CCOC2. The van der Waals surface area contributed by atoms with E-state index in [1.165, 1.54) is 11.1 Å². The zero-order valence-electron chi connectivity index (χ0n) is 7.79. The molecule has 1 aromatic carbocycles. The molecule has 0 spiro atoms. The van der Waals surface area contributed by atoms with Gasteiger partial charge in [-0.15, -0.1) is 0 Å². The summed E-state index contributed by atoms with van der Waals surface area (Å²) in [5, 5.41) is 9.54. The average Bonchev–Trinajstić information content (AvgIpc) is 2.17. The Bertz CT molecular complexity index is 305. The van der Waals surface area contributed by atoms with Gasteiger partial charge in [0, 0.05) is 0 Å². The normalized spacial score (nSPS) is 18.0. The van der Waals surface area contributed by atoms with E-state index in [2.05, 4.69) is 6.07 Å². The molecule has 1 N–H and O–H groups in total. The number of hydrogen-bond donors (Lipinski definition) is 1. The molecule has 70 valence electrons. The first-order chi connectivity index (χ1) is 6.29. The van der Waals surface area contributed by atoms with E-state index in [0.717, 1.165) is 18.6 Å². The maximum absolute atomic E-state index is 9.54. The fourth-order valence-electron chi connectivity index (χ4n) is 1.84. The molecule has 2 nitrogen and oxygen atoms in total. The second kappa shape index (κ2) is 3.48. The molecule has 0 bridgehead atoms. The topological polar surface area (TPSA) is 29.5 Å². The van der Waals surface area contributed by atoms with Gasteiger partial charge in [0.2, 0.25) is 0 Å². The van der Waals surface area contributed by atoms with Crippen LogP contribution < -0.4 is 0 Å². The van der Waals surface area contributed by atoms with Gasteiger partial charge in [0.1, 0.15) is 0 Å². The van der Waals surface area contributed by atoms with Gasteiger partial charge in [-0.3, -0.25) is 0 Å².